The number of pyridine rings is 1. The lowest BCUT2D eigenvalue weighted by Gasteiger charge is -2.03. The molecule has 0 unspecified atom stereocenters. The molecular weight excluding hydrogens is 252 g/mol. The molecule has 0 radical (unpaired) electrons. The van der Waals surface area contributed by atoms with Crippen molar-refractivity contribution in [3.8, 4) is 0 Å². The lowest BCUT2D eigenvalue weighted by atomic mass is 10.1. The van der Waals surface area contributed by atoms with Crippen molar-refractivity contribution in [2.24, 2.45) is 0 Å². The molecule has 0 atom stereocenters. The van der Waals surface area contributed by atoms with E-state index >= 15 is 0 Å². The minimum Gasteiger partial charge on any atom is -0.316 e. The summed E-state index contributed by atoms with van der Waals surface area (Å²) in [5.74, 6) is 0. The zero-order valence-corrected chi connectivity index (χ0v) is 9.34. The number of nitrogens with one attached hydrogen (secondary N) is 2. The van der Waals surface area contributed by atoms with Crippen LogP contribution in [0.3, 0.4) is 0 Å². The molecule has 0 amide bonds. The van der Waals surface area contributed by atoms with E-state index in [1.165, 1.54) is 18.3 Å². The molecule has 0 bridgehead atoms. The molecule has 2 N–H and O–H groups in total. The van der Waals surface area contributed by atoms with E-state index in [1.807, 2.05) is 0 Å². The van der Waals surface area contributed by atoms with Gasteiger partial charge in [0.15, 0.2) is 0 Å². The summed E-state index contributed by atoms with van der Waals surface area (Å²) >= 11 is 0. The lowest BCUT2D eigenvalue weighted by molar-refractivity contribution is -0.383. The molecule has 94 valence electrons. The van der Waals surface area contributed by atoms with E-state index in [1.54, 1.807) is 6.07 Å². The molecule has 0 aliphatic heterocycles. The number of rotatable bonds is 1. The van der Waals surface area contributed by atoms with Gasteiger partial charge < -0.3 is 9.97 Å². The van der Waals surface area contributed by atoms with Crippen molar-refractivity contribution in [1.82, 2.24) is 15.0 Å². The van der Waals surface area contributed by atoms with Gasteiger partial charge in [0, 0.05) is 12.3 Å². The van der Waals surface area contributed by atoms with E-state index < -0.39 is 16.0 Å². The second kappa shape index (κ2) is 3.73. The van der Waals surface area contributed by atoms with Crippen molar-refractivity contribution in [1.29, 1.82) is 0 Å². The van der Waals surface area contributed by atoms with Crippen LogP contribution in [0.15, 0.2) is 34.0 Å². The van der Waals surface area contributed by atoms with Gasteiger partial charge in [-0.25, -0.2) is 0 Å². The van der Waals surface area contributed by atoms with E-state index in [0.29, 0.717) is 5.39 Å². The fraction of sp³-hybridized carbons (Fsp3) is 0. The predicted molar refractivity (Wildman–Crippen MR) is 67.1 cm³/mol. The lowest BCUT2D eigenvalue weighted by Crippen LogP contribution is -2.29. The quantitative estimate of drug-likeness (QED) is 0.287. The first kappa shape index (κ1) is 11.1. The van der Waals surface area contributed by atoms with Crippen LogP contribution in [0.25, 0.3) is 21.9 Å². The standard InChI is InChI=1S/C11H6N4O4/c16-10-11(17)14-9-6(13-10)4-7(15(18)19)5-2-1-3-12-8(5)9/h1-4H,(H,13,16)(H,14,17). The first-order valence-corrected chi connectivity index (χ1v) is 5.26. The molecule has 3 rings (SSSR count). The molecular formula is C11H6N4O4. The highest BCUT2D eigenvalue weighted by atomic mass is 16.6. The second-order valence-electron chi connectivity index (χ2n) is 3.88. The van der Waals surface area contributed by atoms with E-state index in [2.05, 4.69) is 15.0 Å². The molecule has 0 saturated carbocycles. The van der Waals surface area contributed by atoms with Crippen molar-refractivity contribution < 1.29 is 4.92 Å². The van der Waals surface area contributed by atoms with Crippen molar-refractivity contribution in [3.63, 3.8) is 0 Å². The number of aromatic amines is 2. The Morgan fingerprint density at radius 2 is 1.95 bits per heavy atom. The van der Waals surface area contributed by atoms with Crippen LogP contribution >= 0.6 is 0 Å². The van der Waals surface area contributed by atoms with Crippen LogP contribution in [0.2, 0.25) is 0 Å². The monoisotopic (exact) mass is 258 g/mol. The smallest absolute Gasteiger partial charge is 0.314 e. The van der Waals surface area contributed by atoms with Crippen LogP contribution < -0.4 is 11.1 Å². The number of nitro groups is 1. The van der Waals surface area contributed by atoms with Crippen LogP contribution in [-0.2, 0) is 0 Å². The zero-order valence-electron chi connectivity index (χ0n) is 9.34. The van der Waals surface area contributed by atoms with Crippen LogP contribution in [0.4, 0.5) is 5.69 Å². The van der Waals surface area contributed by atoms with Gasteiger partial charge >= 0.3 is 11.1 Å². The predicted octanol–water partition coefficient (Wildman–Crippen LogP) is 0.673. The molecule has 3 aromatic rings. The molecule has 8 heteroatoms. The fourth-order valence-corrected chi connectivity index (χ4v) is 1.95. The van der Waals surface area contributed by atoms with Crippen molar-refractivity contribution >= 4 is 27.6 Å². The Morgan fingerprint density at radius 3 is 2.68 bits per heavy atom. The maximum absolute atomic E-state index is 11.3. The van der Waals surface area contributed by atoms with Crippen molar-refractivity contribution in [3.05, 3.63) is 55.2 Å². The van der Waals surface area contributed by atoms with Crippen LogP contribution in [0, 0.1) is 10.1 Å². The Kier molecular flexibility index (Phi) is 2.18. The fourth-order valence-electron chi connectivity index (χ4n) is 1.95. The number of fused-ring (bicyclic) bond motifs is 3. The number of non-ortho nitro benzene ring substituents is 1. The SMILES string of the molecule is O=c1[nH]c2cc([N+](=O)[O-])c3cccnc3c2[nH]c1=O. The highest BCUT2D eigenvalue weighted by Crippen LogP contribution is 2.28. The minimum atomic E-state index is -0.864. The van der Waals surface area contributed by atoms with E-state index in [4.69, 9.17) is 0 Å². The number of H-pyrrole nitrogens is 2. The second-order valence-corrected chi connectivity index (χ2v) is 3.88. The molecule has 1 aromatic carbocycles. The van der Waals surface area contributed by atoms with Gasteiger partial charge in [-0.15, -0.1) is 0 Å². The van der Waals surface area contributed by atoms with Crippen LogP contribution in [0.5, 0.6) is 0 Å². The summed E-state index contributed by atoms with van der Waals surface area (Å²) in [6.45, 7) is 0. The topological polar surface area (TPSA) is 122 Å². The third-order valence-corrected chi connectivity index (χ3v) is 2.76. The summed E-state index contributed by atoms with van der Waals surface area (Å²) in [5, 5.41) is 11.3. The number of benzene rings is 1. The van der Waals surface area contributed by atoms with Crippen molar-refractivity contribution in [2.45, 2.75) is 0 Å². The Bertz CT molecular complexity index is 941. The molecule has 0 saturated heterocycles. The third-order valence-electron chi connectivity index (χ3n) is 2.76. The molecule has 2 heterocycles. The van der Waals surface area contributed by atoms with E-state index in [9.17, 15) is 19.7 Å². The van der Waals surface area contributed by atoms with Crippen LogP contribution in [-0.4, -0.2) is 19.9 Å². The van der Waals surface area contributed by atoms with Crippen molar-refractivity contribution in [2.75, 3.05) is 0 Å². The first-order chi connectivity index (χ1) is 9.08. The summed E-state index contributed by atoms with van der Waals surface area (Å²) in [6, 6.07) is 4.30. The van der Waals surface area contributed by atoms with Gasteiger partial charge in [0.1, 0.15) is 5.52 Å². The maximum Gasteiger partial charge on any atom is 0.314 e. The minimum absolute atomic E-state index is 0.169. The molecule has 2 aromatic heterocycles. The summed E-state index contributed by atoms with van der Waals surface area (Å²) in [5.41, 5.74) is -1.17. The Morgan fingerprint density at radius 1 is 1.21 bits per heavy atom. The summed E-state index contributed by atoms with van der Waals surface area (Å²) in [7, 11) is 0. The number of hydrogen-bond acceptors (Lipinski definition) is 5. The summed E-state index contributed by atoms with van der Waals surface area (Å²) in [6.07, 6.45) is 1.45. The molecule has 19 heavy (non-hydrogen) atoms. The number of nitrogens with zero attached hydrogens (tertiary/aromatic N) is 2. The van der Waals surface area contributed by atoms with E-state index in [-0.39, 0.29) is 22.2 Å². The normalized spacial score (nSPS) is 10.9. The molecule has 0 fully saturated rings. The summed E-state index contributed by atoms with van der Waals surface area (Å²) in [4.78, 5) is 41.8. The van der Waals surface area contributed by atoms with Gasteiger partial charge in [-0.2, -0.15) is 0 Å². The van der Waals surface area contributed by atoms with Gasteiger partial charge in [0.25, 0.3) is 5.69 Å². The van der Waals surface area contributed by atoms with Gasteiger partial charge in [0.05, 0.1) is 21.3 Å². The average Bonchev–Trinajstić information content (AvgIpc) is 2.39. The molecule has 0 aliphatic rings. The highest BCUT2D eigenvalue weighted by Gasteiger charge is 2.17. The Labute approximate surface area is 103 Å². The highest BCUT2D eigenvalue weighted by molar-refractivity contribution is 6.05. The van der Waals surface area contributed by atoms with E-state index in [0.717, 1.165) is 0 Å². The number of hydrogen-bond donors (Lipinski definition) is 2. The zero-order chi connectivity index (χ0) is 13.6. The first-order valence-electron chi connectivity index (χ1n) is 5.26. The third kappa shape index (κ3) is 1.58. The number of aromatic nitrogens is 3. The Hall–Kier alpha value is -3.03. The Balaban J connectivity index is 2.65. The van der Waals surface area contributed by atoms with Gasteiger partial charge in [-0.05, 0) is 12.1 Å². The maximum atomic E-state index is 11.3. The van der Waals surface area contributed by atoms with Gasteiger partial charge in [-0.1, -0.05) is 0 Å². The van der Waals surface area contributed by atoms with Gasteiger partial charge in [-0.3, -0.25) is 24.7 Å². The largest absolute Gasteiger partial charge is 0.316 e. The average molecular weight is 258 g/mol. The summed E-state index contributed by atoms with van der Waals surface area (Å²) < 4.78 is 0. The molecule has 0 aliphatic carbocycles. The van der Waals surface area contributed by atoms with Crippen LogP contribution in [0.1, 0.15) is 0 Å². The molecule has 8 nitrogen and oxygen atoms in total. The number of nitro benzene ring substituents is 1. The van der Waals surface area contributed by atoms with Gasteiger partial charge in [0.2, 0.25) is 0 Å². The molecule has 0 spiro atoms.